The van der Waals surface area contributed by atoms with Crippen LogP contribution in [0.2, 0.25) is 5.02 Å². The number of hydrogen-bond donors (Lipinski definition) is 2. The molecule has 1 amide bonds. The highest BCUT2D eigenvalue weighted by atomic mass is 35.5. The van der Waals surface area contributed by atoms with Gasteiger partial charge in [-0.15, -0.1) is 0 Å². The first-order valence-corrected chi connectivity index (χ1v) is 7.30. The zero-order valence-electron chi connectivity index (χ0n) is 11.7. The fourth-order valence-electron chi connectivity index (χ4n) is 2.02. The van der Waals surface area contributed by atoms with Gasteiger partial charge in [-0.1, -0.05) is 17.7 Å². The molecule has 1 saturated carbocycles. The molecule has 0 spiro atoms. The third-order valence-corrected chi connectivity index (χ3v) is 3.86. The predicted octanol–water partition coefficient (Wildman–Crippen LogP) is 3.68. The minimum Gasteiger partial charge on any atom is -0.355 e. The fourth-order valence-corrected chi connectivity index (χ4v) is 2.19. The number of halogens is 1. The van der Waals surface area contributed by atoms with Crippen molar-refractivity contribution in [2.45, 2.75) is 25.8 Å². The van der Waals surface area contributed by atoms with E-state index in [0.717, 1.165) is 29.8 Å². The highest BCUT2D eigenvalue weighted by Gasteiger charge is 2.24. The van der Waals surface area contributed by atoms with Crippen LogP contribution >= 0.6 is 11.6 Å². The number of rotatable bonds is 4. The normalized spacial score (nSPS) is 13.8. The van der Waals surface area contributed by atoms with Crippen molar-refractivity contribution in [3.05, 3.63) is 52.8 Å². The summed E-state index contributed by atoms with van der Waals surface area (Å²) < 4.78 is 0. The van der Waals surface area contributed by atoms with Gasteiger partial charge in [0.05, 0.1) is 0 Å². The maximum Gasteiger partial charge on any atom is 0.270 e. The van der Waals surface area contributed by atoms with Crippen molar-refractivity contribution in [3.63, 3.8) is 0 Å². The first kappa shape index (κ1) is 13.9. The predicted molar refractivity (Wildman–Crippen MR) is 84.2 cm³/mol. The summed E-state index contributed by atoms with van der Waals surface area (Å²) in [6.45, 7) is 1.95. The van der Waals surface area contributed by atoms with Crippen LogP contribution in [-0.2, 0) is 0 Å². The number of nitrogens with zero attached hydrogens (tertiary/aromatic N) is 1. The highest BCUT2D eigenvalue weighted by molar-refractivity contribution is 6.31. The molecule has 3 rings (SSSR count). The van der Waals surface area contributed by atoms with Crippen LogP contribution in [0.25, 0.3) is 0 Å². The number of carbonyl (C=O) groups excluding carboxylic acids is 1. The van der Waals surface area contributed by atoms with Gasteiger partial charge in [0.1, 0.15) is 5.69 Å². The number of anilines is 2. The topological polar surface area (TPSA) is 54.0 Å². The van der Waals surface area contributed by atoms with Crippen LogP contribution in [-0.4, -0.2) is 16.9 Å². The Hall–Kier alpha value is -2.07. The molecule has 1 aromatic heterocycles. The second-order valence-corrected chi connectivity index (χ2v) is 5.62. The van der Waals surface area contributed by atoms with E-state index in [1.807, 2.05) is 31.2 Å². The molecule has 1 heterocycles. The number of hydrogen-bond acceptors (Lipinski definition) is 3. The van der Waals surface area contributed by atoms with Crippen LogP contribution in [0.1, 0.15) is 28.9 Å². The van der Waals surface area contributed by atoms with Crippen molar-refractivity contribution < 1.29 is 4.79 Å². The van der Waals surface area contributed by atoms with Gasteiger partial charge in [-0.2, -0.15) is 0 Å². The summed E-state index contributed by atoms with van der Waals surface area (Å²) in [5, 5.41) is 6.91. The Morgan fingerprint density at radius 2 is 2.14 bits per heavy atom. The van der Waals surface area contributed by atoms with Gasteiger partial charge in [-0.3, -0.25) is 9.78 Å². The van der Waals surface area contributed by atoms with Crippen LogP contribution in [0.4, 0.5) is 11.4 Å². The molecular formula is C16H16ClN3O. The average molecular weight is 302 g/mol. The molecule has 4 nitrogen and oxygen atoms in total. The molecule has 0 atom stereocenters. The minimum atomic E-state index is -0.121. The third kappa shape index (κ3) is 3.34. The summed E-state index contributed by atoms with van der Waals surface area (Å²) in [6, 6.07) is 9.59. The Morgan fingerprint density at radius 1 is 1.33 bits per heavy atom. The molecule has 2 aromatic rings. The Labute approximate surface area is 128 Å². The zero-order chi connectivity index (χ0) is 14.8. The smallest absolute Gasteiger partial charge is 0.270 e. The summed E-state index contributed by atoms with van der Waals surface area (Å²) in [5.41, 5.74) is 3.13. The molecule has 21 heavy (non-hydrogen) atoms. The molecular weight excluding hydrogens is 286 g/mol. The average Bonchev–Trinajstić information content (AvgIpc) is 3.28. The van der Waals surface area contributed by atoms with Crippen molar-refractivity contribution in [1.29, 1.82) is 0 Å². The molecule has 1 fully saturated rings. The second-order valence-electron chi connectivity index (χ2n) is 5.21. The number of nitrogens with one attached hydrogen (secondary N) is 2. The summed E-state index contributed by atoms with van der Waals surface area (Å²) in [5.74, 6) is -0.121. The summed E-state index contributed by atoms with van der Waals surface area (Å²) in [4.78, 5) is 16.1. The summed E-state index contributed by atoms with van der Waals surface area (Å²) >= 11 is 6.11. The Morgan fingerprint density at radius 3 is 2.90 bits per heavy atom. The number of amides is 1. The molecule has 0 radical (unpaired) electrons. The SMILES string of the molecule is Cc1c(Cl)cccc1Nc1ccnc(C(=O)NC2CC2)c1. The van der Waals surface area contributed by atoms with Gasteiger partial charge < -0.3 is 10.6 Å². The zero-order valence-corrected chi connectivity index (χ0v) is 12.4. The second kappa shape index (κ2) is 5.74. The lowest BCUT2D eigenvalue weighted by Gasteiger charge is -2.11. The number of benzene rings is 1. The third-order valence-electron chi connectivity index (χ3n) is 3.45. The Kier molecular flexibility index (Phi) is 3.80. The number of aromatic nitrogens is 1. The fraction of sp³-hybridized carbons (Fsp3) is 0.250. The number of carbonyl (C=O) groups is 1. The van der Waals surface area contributed by atoms with E-state index in [2.05, 4.69) is 15.6 Å². The Bertz CT molecular complexity index is 683. The highest BCUT2D eigenvalue weighted by Crippen LogP contribution is 2.26. The van der Waals surface area contributed by atoms with Crippen molar-refractivity contribution in [2.75, 3.05) is 5.32 Å². The molecule has 0 aliphatic heterocycles. The molecule has 0 unspecified atom stereocenters. The standard InChI is InChI=1S/C16H16ClN3O/c1-10-13(17)3-2-4-14(10)19-12-7-8-18-15(9-12)16(21)20-11-5-6-11/h2-4,7-9,11H,5-6H2,1H3,(H,18,19)(H,20,21). The van der Waals surface area contributed by atoms with Gasteiger partial charge in [0.15, 0.2) is 0 Å². The molecule has 0 saturated heterocycles. The van der Waals surface area contributed by atoms with Crippen LogP contribution < -0.4 is 10.6 Å². The van der Waals surface area contributed by atoms with Gasteiger partial charge in [0.2, 0.25) is 0 Å². The molecule has 108 valence electrons. The number of pyridine rings is 1. The molecule has 0 bridgehead atoms. The summed E-state index contributed by atoms with van der Waals surface area (Å²) in [7, 11) is 0. The molecule has 2 N–H and O–H groups in total. The summed E-state index contributed by atoms with van der Waals surface area (Å²) in [6.07, 6.45) is 3.75. The molecule has 1 aliphatic carbocycles. The van der Waals surface area contributed by atoms with E-state index in [1.165, 1.54) is 0 Å². The van der Waals surface area contributed by atoms with E-state index in [4.69, 9.17) is 11.6 Å². The van der Waals surface area contributed by atoms with Gasteiger partial charge in [0.25, 0.3) is 5.91 Å². The molecule has 1 aliphatic rings. The quantitative estimate of drug-likeness (QED) is 0.906. The van der Waals surface area contributed by atoms with Crippen molar-refractivity contribution >= 4 is 28.9 Å². The van der Waals surface area contributed by atoms with E-state index < -0.39 is 0 Å². The lowest BCUT2D eigenvalue weighted by molar-refractivity contribution is 0.0946. The first-order valence-electron chi connectivity index (χ1n) is 6.92. The Balaban J connectivity index is 1.79. The van der Waals surface area contributed by atoms with Crippen molar-refractivity contribution in [1.82, 2.24) is 10.3 Å². The van der Waals surface area contributed by atoms with E-state index in [-0.39, 0.29) is 5.91 Å². The van der Waals surface area contributed by atoms with Crippen LogP contribution in [0.15, 0.2) is 36.5 Å². The maximum absolute atomic E-state index is 12.0. The minimum absolute atomic E-state index is 0.121. The van der Waals surface area contributed by atoms with Gasteiger partial charge in [-0.25, -0.2) is 0 Å². The maximum atomic E-state index is 12.0. The molecule has 5 heteroatoms. The van der Waals surface area contributed by atoms with Crippen LogP contribution in [0.5, 0.6) is 0 Å². The van der Waals surface area contributed by atoms with Gasteiger partial charge in [0, 0.05) is 28.6 Å². The van der Waals surface area contributed by atoms with Crippen molar-refractivity contribution in [2.24, 2.45) is 0 Å². The van der Waals surface area contributed by atoms with Crippen LogP contribution in [0.3, 0.4) is 0 Å². The van der Waals surface area contributed by atoms with Gasteiger partial charge >= 0.3 is 0 Å². The van der Waals surface area contributed by atoms with E-state index in [1.54, 1.807) is 12.3 Å². The first-order chi connectivity index (χ1) is 10.1. The lowest BCUT2D eigenvalue weighted by atomic mass is 10.2. The van der Waals surface area contributed by atoms with Crippen LogP contribution in [0, 0.1) is 6.92 Å². The largest absolute Gasteiger partial charge is 0.355 e. The van der Waals surface area contributed by atoms with Gasteiger partial charge in [-0.05, 0) is 49.6 Å². The van der Waals surface area contributed by atoms with E-state index in [0.29, 0.717) is 16.8 Å². The van der Waals surface area contributed by atoms with E-state index >= 15 is 0 Å². The van der Waals surface area contributed by atoms with E-state index in [9.17, 15) is 4.79 Å². The lowest BCUT2D eigenvalue weighted by Crippen LogP contribution is -2.26. The monoisotopic (exact) mass is 301 g/mol. The molecule has 1 aromatic carbocycles. The van der Waals surface area contributed by atoms with Crippen molar-refractivity contribution in [3.8, 4) is 0 Å².